The lowest BCUT2D eigenvalue weighted by Crippen LogP contribution is -2.29. The molecule has 2 atom stereocenters. The fraction of sp³-hybridized carbons (Fsp3) is 0.538. The van der Waals surface area contributed by atoms with Crippen LogP contribution in [-0.2, 0) is 33.1 Å². The Kier molecular flexibility index (Phi) is 6.81. The zero-order chi connectivity index (χ0) is 15.2. The molecule has 0 aliphatic rings. The molecule has 0 saturated heterocycles. The van der Waals surface area contributed by atoms with Gasteiger partial charge in [0.2, 0.25) is 10.0 Å². The highest BCUT2D eigenvalue weighted by atomic mass is 32.2. The van der Waals surface area contributed by atoms with Crippen molar-refractivity contribution in [3.63, 3.8) is 0 Å². The first kappa shape index (κ1) is 17.3. The SMILES string of the molecule is CC(CCNS(=O)(=O)Cc1ccccc1CN)S(C)=O. The summed E-state index contributed by atoms with van der Waals surface area (Å²) < 4.78 is 37.7. The van der Waals surface area contributed by atoms with Gasteiger partial charge in [0, 0.05) is 35.4 Å². The molecule has 1 rings (SSSR count). The molecule has 0 radical (unpaired) electrons. The minimum absolute atomic E-state index is 0.0194. The molecular formula is C13H22N2O3S2. The molecule has 0 aliphatic heterocycles. The lowest BCUT2D eigenvalue weighted by atomic mass is 10.1. The lowest BCUT2D eigenvalue weighted by molar-refractivity contribution is 0.577. The first-order valence-electron chi connectivity index (χ1n) is 6.42. The van der Waals surface area contributed by atoms with Crippen molar-refractivity contribution in [2.45, 2.75) is 30.9 Å². The maximum atomic E-state index is 12.0. The summed E-state index contributed by atoms with van der Waals surface area (Å²) in [6.07, 6.45) is 2.18. The monoisotopic (exact) mass is 318 g/mol. The molecule has 0 bridgehead atoms. The van der Waals surface area contributed by atoms with Crippen molar-refractivity contribution in [3.8, 4) is 0 Å². The number of nitrogens with one attached hydrogen (secondary N) is 1. The molecule has 7 heteroatoms. The lowest BCUT2D eigenvalue weighted by Gasteiger charge is -2.11. The Labute approximate surface area is 123 Å². The van der Waals surface area contributed by atoms with Crippen LogP contribution >= 0.6 is 0 Å². The number of benzene rings is 1. The molecule has 114 valence electrons. The van der Waals surface area contributed by atoms with Crippen LogP contribution in [0.25, 0.3) is 0 Å². The van der Waals surface area contributed by atoms with Gasteiger partial charge in [-0.25, -0.2) is 13.1 Å². The molecule has 5 nitrogen and oxygen atoms in total. The van der Waals surface area contributed by atoms with E-state index in [0.717, 1.165) is 11.1 Å². The van der Waals surface area contributed by atoms with Gasteiger partial charge < -0.3 is 5.73 Å². The second-order valence-electron chi connectivity index (χ2n) is 4.72. The largest absolute Gasteiger partial charge is 0.326 e. The van der Waals surface area contributed by atoms with E-state index >= 15 is 0 Å². The first-order valence-corrected chi connectivity index (χ1v) is 9.69. The predicted molar refractivity (Wildman–Crippen MR) is 83.1 cm³/mol. The molecule has 0 fully saturated rings. The van der Waals surface area contributed by atoms with Gasteiger partial charge >= 0.3 is 0 Å². The molecule has 0 saturated carbocycles. The van der Waals surface area contributed by atoms with E-state index < -0.39 is 20.8 Å². The zero-order valence-electron chi connectivity index (χ0n) is 11.8. The molecule has 3 N–H and O–H groups in total. The van der Waals surface area contributed by atoms with Crippen LogP contribution in [0.5, 0.6) is 0 Å². The van der Waals surface area contributed by atoms with Crippen molar-refractivity contribution in [2.75, 3.05) is 12.8 Å². The smallest absolute Gasteiger partial charge is 0.215 e. The standard InChI is InChI=1S/C13H22N2O3S2/c1-11(19(2)16)7-8-15-20(17,18)10-13-6-4-3-5-12(13)9-14/h3-6,11,15H,7-10,14H2,1-2H3. The Morgan fingerprint density at radius 1 is 1.30 bits per heavy atom. The quantitative estimate of drug-likeness (QED) is 0.739. The van der Waals surface area contributed by atoms with E-state index in [1.54, 1.807) is 18.4 Å². The molecular weight excluding hydrogens is 296 g/mol. The van der Waals surface area contributed by atoms with Crippen LogP contribution in [0.2, 0.25) is 0 Å². The van der Waals surface area contributed by atoms with Gasteiger partial charge in [0.25, 0.3) is 0 Å². The Hall–Kier alpha value is -0.760. The third-order valence-electron chi connectivity index (χ3n) is 3.12. The van der Waals surface area contributed by atoms with E-state index in [1.807, 2.05) is 19.1 Å². The van der Waals surface area contributed by atoms with Crippen LogP contribution < -0.4 is 10.5 Å². The summed E-state index contributed by atoms with van der Waals surface area (Å²) in [6.45, 7) is 2.46. The molecule has 2 unspecified atom stereocenters. The maximum absolute atomic E-state index is 12.0. The fourth-order valence-electron chi connectivity index (χ4n) is 1.74. The molecule has 20 heavy (non-hydrogen) atoms. The molecule has 0 aliphatic carbocycles. The van der Waals surface area contributed by atoms with E-state index in [9.17, 15) is 12.6 Å². The molecule has 1 aromatic rings. The van der Waals surface area contributed by atoms with Crippen LogP contribution in [0.3, 0.4) is 0 Å². The van der Waals surface area contributed by atoms with Crippen LogP contribution in [0.15, 0.2) is 24.3 Å². The van der Waals surface area contributed by atoms with Crippen molar-refractivity contribution < 1.29 is 12.6 Å². The van der Waals surface area contributed by atoms with Crippen molar-refractivity contribution >= 4 is 20.8 Å². The van der Waals surface area contributed by atoms with Crippen molar-refractivity contribution in [1.29, 1.82) is 0 Å². The number of hydrogen-bond acceptors (Lipinski definition) is 4. The molecule has 0 amide bonds. The Bertz CT molecular complexity index is 558. The van der Waals surface area contributed by atoms with Gasteiger partial charge in [0.05, 0.1) is 5.75 Å². The van der Waals surface area contributed by atoms with Gasteiger partial charge in [-0.15, -0.1) is 0 Å². The van der Waals surface area contributed by atoms with E-state index in [-0.39, 0.29) is 11.0 Å². The maximum Gasteiger partial charge on any atom is 0.215 e. The number of hydrogen-bond donors (Lipinski definition) is 2. The summed E-state index contributed by atoms with van der Waals surface area (Å²) in [7, 11) is -4.33. The van der Waals surface area contributed by atoms with Crippen LogP contribution in [0.1, 0.15) is 24.5 Å². The fourth-order valence-corrected chi connectivity index (χ4v) is 3.41. The normalized spacial score (nSPS) is 14.9. The highest BCUT2D eigenvalue weighted by Crippen LogP contribution is 2.11. The van der Waals surface area contributed by atoms with Crippen LogP contribution in [0, 0.1) is 0 Å². The van der Waals surface area contributed by atoms with Gasteiger partial charge in [-0.1, -0.05) is 31.2 Å². The number of rotatable bonds is 8. The second-order valence-corrected chi connectivity index (χ2v) is 8.33. The summed E-state index contributed by atoms with van der Waals surface area (Å²) in [5, 5.41) is -0.0194. The van der Waals surface area contributed by atoms with Gasteiger partial charge in [0.15, 0.2) is 0 Å². The first-order chi connectivity index (χ1) is 9.35. The van der Waals surface area contributed by atoms with Gasteiger partial charge in [-0.2, -0.15) is 0 Å². The molecule has 1 aromatic carbocycles. The zero-order valence-corrected chi connectivity index (χ0v) is 13.5. The van der Waals surface area contributed by atoms with Crippen molar-refractivity contribution in [3.05, 3.63) is 35.4 Å². The number of sulfonamides is 1. The molecule has 0 heterocycles. The third kappa shape index (κ3) is 5.70. The Morgan fingerprint density at radius 3 is 2.45 bits per heavy atom. The Balaban J connectivity index is 2.59. The minimum Gasteiger partial charge on any atom is -0.326 e. The summed E-state index contributed by atoms with van der Waals surface area (Å²) in [6, 6.07) is 7.23. The van der Waals surface area contributed by atoms with Gasteiger partial charge in [0.1, 0.15) is 0 Å². The summed E-state index contributed by atoms with van der Waals surface area (Å²) in [5.41, 5.74) is 7.15. The molecule has 0 aromatic heterocycles. The molecule has 0 spiro atoms. The Morgan fingerprint density at radius 2 is 1.90 bits per heavy atom. The average Bonchev–Trinajstić information content (AvgIpc) is 2.38. The van der Waals surface area contributed by atoms with Crippen molar-refractivity contribution in [1.82, 2.24) is 4.72 Å². The van der Waals surface area contributed by atoms with Gasteiger partial charge in [-0.05, 0) is 17.5 Å². The number of nitrogens with two attached hydrogens (primary N) is 1. The van der Waals surface area contributed by atoms with Crippen molar-refractivity contribution in [2.24, 2.45) is 5.73 Å². The van der Waals surface area contributed by atoms with E-state index in [2.05, 4.69) is 4.72 Å². The summed E-state index contributed by atoms with van der Waals surface area (Å²) in [5.74, 6) is -0.0794. The minimum atomic E-state index is -3.39. The van der Waals surface area contributed by atoms with Crippen LogP contribution in [0.4, 0.5) is 0 Å². The predicted octanol–water partition coefficient (Wildman–Crippen LogP) is 0.722. The summed E-state index contributed by atoms with van der Waals surface area (Å²) in [4.78, 5) is 0. The average molecular weight is 318 g/mol. The van der Waals surface area contributed by atoms with E-state index in [0.29, 0.717) is 19.5 Å². The second kappa shape index (κ2) is 7.87. The van der Waals surface area contributed by atoms with E-state index in [4.69, 9.17) is 5.73 Å². The van der Waals surface area contributed by atoms with Crippen LogP contribution in [-0.4, -0.2) is 30.7 Å². The van der Waals surface area contributed by atoms with E-state index in [1.165, 1.54) is 0 Å². The topological polar surface area (TPSA) is 89.3 Å². The van der Waals surface area contributed by atoms with Gasteiger partial charge in [-0.3, -0.25) is 4.21 Å². The highest BCUT2D eigenvalue weighted by molar-refractivity contribution is 7.88. The highest BCUT2D eigenvalue weighted by Gasteiger charge is 2.14. The third-order valence-corrected chi connectivity index (χ3v) is 5.83. The summed E-state index contributed by atoms with van der Waals surface area (Å²) >= 11 is 0.